The highest BCUT2D eigenvalue weighted by Crippen LogP contribution is 2.42. The molecule has 2 unspecified atom stereocenters. The number of alkyl carbamates (subject to hydrolysis) is 1. The van der Waals surface area contributed by atoms with E-state index in [0.717, 1.165) is 13.0 Å². The molecule has 126 valence electrons. The molecular weight excluding hydrogens is 288 g/mol. The van der Waals surface area contributed by atoms with Gasteiger partial charge in [0.25, 0.3) is 0 Å². The van der Waals surface area contributed by atoms with Crippen molar-refractivity contribution in [2.45, 2.75) is 64.3 Å². The highest BCUT2D eigenvalue weighted by molar-refractivity contribution is 5.68. The fraction of sp³-hybridized carbons (Fsp3) is 0.632. The Balaban J connectivity index is 1.66. The Morgan fingerprint density at radius 2 is 1.96 bits per heavy atom. The lowest BCUT2D eigenvalue weighted by Crippen LogP contribution is -2.45. The van der Waals surface area contributed by atoms with E-state index >= 15 is 0 Å². The Morgan fingerprint density at radius 3 is 2.61 bits per heavy atom. The summed E-state index contributed by atoms with van der Waals surface area (Å²) in [6, 6.07) is 11.6. The van der Waals surface area contributed by atoms with Crippen molar-refractivity contribution in [2.24, 2.45) is 5.92 Å². The minimum Gasteiger partial charge on any atom is -0.444 e. The summed E-state index contributed by atoms with van der Waals surface area (Å²) in [6.45, 7) is 9.03. The van der Waals surface area contributed by atoms with Gasteiger partial charge in [-0.1, -0.05) is 30.3 Å². The molecule has 1 saturated heterocycles. The Labute approximate surface area is 139 Å². The number of carbonyl (C=O) groups is 1. The van der Waals surface area contributed by atoms with Crippen molar-refractivity contribution in [3.63, 3.8) is 0 Å². The Morgan fingerprint density at radius 1 is 1.26 bits per heavy atom. The second kappa shape index (κ2) is 6.16. The van der Waals surface area contributed by atoms with E-state index in [-0.39, 0.29) is 12.1 Å². The van der Waals surface area contributed by atoms with Crippen LogP contribution in [0.25, 0.3) is 0 Å². The molecule has 1 aliphatic carbocycles. The lowest BCUT2D eigenvalue weighted by molar-refractivity contribution is 0.0489. The van der Waals surface area contributed by atoms with E-state index in [1.54, 1.807) is 0 Å². The van der Waals surface area contributed by atoms with Crippen LogP contribution >= 0.6 is 0 Å². The van der Waals surface area contributed by atoms with Gasteiger partial charge in [-0.15, -0.1) is 0 Å². The molecule has 1 amide bonds. The van der Waals surface area contributed by atoms with E-state index in [9.17, 15) is 4.79 Å². The SMILES string of the molecule is C[C@@H](c1ccccc1)N1CC2CCC1[C@@H]2NC(=O)OC(C)(C)C. The number of hydrogen-bond acceptors (Lipinski definition) is 3. The molecule has 1 aliphatic heterocycles. The third kappa shape index (κ3) is 3.52. The van der Waals surface area contributed by atoms with Crippen LogP contribution in [0.1, 0.15) is 52.1 Å². The summed E-state index contributed by atoms with van der Waals surface area (Å²) < 4.78 is 5.44. The van der Waals surface area contributed by atoms with Crippen molar-refractivity contribution in [3.8, 4) is 0 Å². The third-order valence-corrected chi connectivity index (χ3v) is 5.09. The molecule has 1 N–H and O–H groups in total. The van der Waals surface area contributed by atoms with Crippen molar-refractivity contribution in [2.75, 3.05) is 6.54 Å². The summed E-state index contributed by atoms with van der Waals surface area (Å²) in [5.74, 6) is 0.540. The third-order valence-electron chi connectivity index (χ3n) is 5.09. The van der Waals surface area contributed by atoms with Gasteiger partial charge in [0.05, 0.1) is 6.04 Å². The van der Waals surface area contributed by atoms with E-state index in [1.165, 1.54) is 12.0 Å². The van der Waals surface area contributed by atoms with E-state index in [0.29, 0.717) is 18.0 Å². The molecule has 1 saturated carbocycles. The number of amides is 1. The van der Waals surface area contributed by atoms with Gasteiger partial charge in [0.2, 0.25) is 0 Å². The maximum Gasteiger partial charge on any atom is 0.407 e. The zero-order chi connectivity index (χ0) is 16.6. The number of carbonyl (C=O) groups excluding carboxylic acids is 1. The van der Waals surface area contributed by atoms with Crippen molar-refractivity contribution in [1.82, 2.24) is 10.2 Å². The molecule has 1 aromatic carbocycles. The second-order valence-electron chi connectivity index (χ2n) is 7.86. The standard InChI is InChI=1S/C19H28N2O2/c1-13(14-8-6-5-7-9-14)21-12-15-10-11-16(21)17(15)20-18(22)23-19(2,3)4/h5-9,13,15-17H,10-12H2,1-4H3,(H,20,22)/t13-,15?,16?,17+/m0/s1. The molecule has 2 aliphatic rings. The Bertz CT molecular complexity index is 552. The molecule has 1 aromatic rings. The minimum atomic E-state index is -0.446. The van der Waals surface area contributed by atoms with Crippen LogP contribution < -0.4 is 5.32 Å². The van der Waals surface area contributed by atoms with Crippen LogP contribution in [0, 0.1) is 5.92 Å². The van der Waals surface area contributed by atoms with Gasteiger partial charge in [0.15, 0.2) is 0 Å². The summed E-state index contributed by atoms with van der Waals surface area (Å²) in [7, 11) is 0. The molecule has 4 heteroatoms. The van der Waals surface area contributed by atoms with Gasteiger partial charge in [-0.3, -0.25) is 4.90 Å². The normalized spacial score (nSPS) is 28.6. The number of piperidine rings is 1. The summed E-state index contributed by atoms with van der Waals surface area (Å²) in [5, 5.41) is 3.13. The molecule has 2 fully saturated rings. The molecule has 2 bridgehead atoms. The van der Waals surface area contributed by atoms with Gasteiger partial charge < -0.3 is 10.1 Å². The zero-order valence-electron chi connectivity index (χ0n) is 14.6. The predicted molar refractivity (Wildman–Crippen MR) is 91.2 cm³/mol. The summed E-state index contributed by atoms with van der Waals surface area (Å²) >= 11 is 0. The van der Waals surface area contributed by atoms with Crippen LogP contribution in [0.2, 0.25) is 0 Å². The van der Waals surface area contributed by atoms with E-state index in [1.807, 2.05) is 20.8 Å². The van der Waals surface area contributed by atoms with Crippen LogP contribution in [0.15, 0.2) is 30.3 Å². The predicted octanol–water partition coefficient (Wildman–Crippen LogP) is 3.74. The number of nitrogens with zero attached hydrogens (tertiary/aromatic N) is 1. The molecule has 4 atom stereocenters. The van der Waals surface area contributed by atoms with E-state index < -0.39 is 5.60 Å². The highest BCUT2D eigenvalue weighted by atomic mass is 16.6. The van der Waals surface area contributed by atoms with Gasteiger partial charge in [0.1, 0.15) is 5.60 Å². The molecular formula is C19H28N2O2. The monoisotopic (exact) mass is 316 g/mol. The van der Waals surface area contributed by atoms with Gasteiger partial charge in [-0.2, -0.15) is 0 Å². The molecule has 0 aromatic heterocycles. The largest absolute Gasteiger partial charge is 0.444 e. The number of ether oxygens (including phenoxy) is 1. The summed E-state index contributed by atoms with van der Waals surface area (Å²) in [5.41, 5.74) is 0.898. The van der Waals surface area contributed by atoms with Crippen LogP contribution in [0.3, 0.4) is 0 Å². The highest BCUT2D eigenvalue weighted by Gasteiger charge is 2.49. The van der Waals surface area contributed by atoms with Gasteiger partial charge in [-0.05, 0) is 52.0 Å². The Kier molecular flexibility index (Phi) is 4.37. The fourth-order valence-electron chi connectivity index (χ4n) is 4.07. The van der Waals surface area contributed by atoms with Gasteiger partial charge >= 0.3 is 6.09 Å². The number of likely N-dealkylation sites (tertiary alicyclic amines) is 1. The average Bonchev–Trinajstić information content (AvgIpc) is 3.02. The van der Waals surface area contributed by atoms with E-state index in [4.69, 9.17) is 4.74 Å². The lowest BCUT2D eigenvalue weighted by Gasteiger charge is -2.33. The topological polar surface area (TPSA) is 41.6 Å². The fourth-order valence-corrected chi connectivity index (χ4v) is 4.07. The van der Waals surface area contributed by atoms with Crippen LogP contribution in [-0.2, 0) is 4.74 Å². The summed E-state index contributed by atoms with van der Waals surface area (Å²) in [4.78, 5) is 14.7. The molecule has 1 heterocycles. The minimum absolute atomic E-state index is 0.219. The van der Waals surface area contributed by atoms with Crippen molar-refractivity contribution >= 4 is 6.09 Å². The molecule has 0 spiro atoms. The first-order chi connectivity index (χ1) is 10.8. The lowest BCUT2D eigenvalue weighted by atomic mass is 10.0. The summed E-state index contributed by atoms with van der Waals surface area (Å²) in [6.07, 6.45) is 2.07. The van der Waals surface area contributed by atoms with Gasteiger partial charge in [0, 0.05) is 18.6 Å². The number of hydrogen-bond donors (Lipinski definition) is 1. The zero-order valence-corrected chi connectivity index (χ0v) is 14.6. The number of fused-ring (bicyclic) bond motifs is 2. The van der Waals surface area contributed by atoms with Crippen LogP contribution in [-0.4, -0.2) is 35.2 Å². The molecule has 0 radical (unpaired) electrons. The number of rotatable bonds is 3. The van der Waals surface area contributed by atoms with Crippen LogP contribution in [0.4, 0.5) is 4.79 Å². The quantitative estimate of drug-likeness (QED) is 0.923. The van der Waals surface area contributed by atoms with Crippen molar-refractivity contribution in [3.05, 3.63) is 35.9 Å². The number of nitrogens with one attached hydrogen (secondary N) is 1. The average molecular weight is 316 g/mol. The molecule has 3 rings (SSSR count). The Hall–Kier alpha value is -1.55. The van der Waals surface area contributed by atoms with Crippen LogP contribution in [0.5, 0.6) is 0 Å². The second-order valence-corrected chi connectivity index (χ2v) is 7.86. The van der Waals surface area contributed by atoms with Crippen molar-refractivity contribution in [1.29, 1.82) is 0 Å². The molecule has 4 nitrogen and oxygen atoms in total. The maximum atomic E-state index is 12.1. The molecule has 23 heavy (non-hydrogen) atoms. The maximum absolute atomic E-state index is 12.1. The van der Waals surface area contributed by atoms with Crippen molar-refractivity contribution < 1.29 is 9.53 Å². The first-order valence-electron chi connectivity index (χ1n) is 8.65. The number of benzene rings is 1. The van der Waals surface area contributed by atoms with Gasteiger partial charge in [-0.25, -0.2) is 4.79 Å². The first-order valence-corrected chi connectivity index (χ1v) is 8.65. The first kappa shape index (κ1) is 16.3. The smallest absolute Gasteiger partial charge is 0.407 e. The van der Waals surface area contributed by atoms with E-state index in [2.05, 4.69) is 47.5 Å².